The van der Waals surface area contributed by atoms with Crippen molar-refractivity contribution >= 4 is 17.0 Å². The molecule has 0 fully saturated rings. The van der Waals surface area contributed by atoms with Gasteiger partial charge in [-0.25, -0.2) is 4.98 Å². The van der Waals surface area contributed by atoms with Crippen molar-refractivity contribution in [3.05, 3.63) is 30.1 Å². The Balaban J connectivity index is 1.93. The van der Waals surface area contributed by atoms with E-state index in [1.54, 1.807) is 0 Å². The number of aromatic amines is 1. The zero-order chi connectivity index (χ0) is 13.9. The number of guanidine groups is 1. The number of nitrogens with zero attached hydrogens (tertiary/aromatic N) is 2. The van der Waals surface area contributed by atoms with Gasteiger partial charge in [0.05, 0.1) is 11.0 Å². The van der Waals surface area contributed by atoms with Crippen LogP contribution in [-0.2, 0) is 6.42 Å². The van der Waals surface area contributed by atoms with Crippen molar-refractivity contribution < 1.29 is 0 Å². The summed E-state index contributed by atoms with van der Waals surface area (Å²) in [5, 5.41) is 3.13. The van der Waals surface area contributed by atoms with E-state index in [9.17, 15) is 0 Å². The predicted octanol–water partition coefficient (Wildman–Crippen LogP) is 1.81. The number of benzene rings is 1. The first-order chi connectivity index (χ1) is 8.94. The molecule has 102 valence electrons. The smallest absolute Gasteiger partial charge is 0.188 e. The largest absolute Gasteiger partial charge is 0.370 e. The first kappa shape index (κ1) is 13.4. The molecule has 0 spiro atoms. The Morgan fingerprint density at radius 2 is 2.11 bits per heavy atom. The molecule has 0 saturated carbocycles. The fourth-order valence-corrected chi connectivity index (χ4v) is 1.83. The van der Waals surface area contributed by atoms with Crippen LogP contribution < -0.4 is 11.1 Å². The third kappa shape index (κ3) is 3.98. The number of nitrogens with two attached hydrogens (primary N) is 1. The summed E-state index contributed by atoms with van der Waals surface area (Å²) in [6.07, 6.45) is 0.751. The third-order valence-electron chi connectivity index (χ3n) is 2.57. The van der Waals surface area contributed by atoms with Crippen molar-refractivity contribution in [3.63, 3.8) is 0 Å². The summed E-state index contributed by atoms with van der Waals surface area (Å²) in [4.78, 5) is 12.1. The highest BCUT2D eigenvalue weighted by Gasteiger charge is 2.09. The number of aliphatic imine (C=N–C) groups is 1. The van der Waals surface area contributed by atoms with Crippen LogP contribution in [0.3, 0.4) is 0 Å². The van der Waals surface area contributed by atoms with Crippen molar-refractivity contribution in [1.82, 2.24) is 15.3 Å². The number of aromatic nitrogens is 2. The van der Waals surface area contributed by atoms with Crippen molar-refractivity contribution in [1.29, 1.82) is 0 Å². The topological polar surface area (TPSA) is 79.1 Å². The van der Waals surface area contributed by atoms with Crippen LogP contribution in [0.5, 0.6) is 0 Å². The molecule has 1 aromatic carbocycles. The van der Waals surface area contributed by atoms with Crippen LogP contribution in [0.2, 0.25) is 0 Å². The van der Waals surface area contributed by atoms with Gasteiger partial charge in [-0.3, -0.25) is 4.99 Å². The number of H-pyrrole nitrogens is 1. The zero-order valence-electron chi connectivity index (χ0n) is 11.7. The minimum atomic E-state index is -0.0626. The lowest BCUT2D eigenvalue weighted by Crippen LogP contribution is -2.45. The van der Waals surface area contributed by atoms with Gasteiger partial charge in [0.15, 0.2) is 5.96 Å². The van der Waals surface area contributed by atoms with E-state index >= 15 is 0 Å². The number of hydrogen-bond donors (Lipinski definition) is 3. The Morgan fingerprint density at radius 1 is 1.37 bits per heavy atom. The van der Waals surface area contributed by atoms with E-state index in [1.165, 1.54) is 0 Å². The van der Waals surface area contributed by atoms with Crippen LogP contribution in [-0.4, -0.2) is 28.0 Å². The Bertz CT molecular complexity index is 544. The van der Waals surface area contributed by atoms with Gasteiger partial charge < -0.3 is 16.0 Å². The molecule has 2 rings (SSSR count). The van der Waals surface area contributed by atoms with E-state index in [0.717, 1.165) is 23.3 Å². The van der Waals surface area contributed by atoms with Crippen LogP contribution in [0.25, 0.3) is 11.0 Å². The van der Waals surface area contributed by atoms with Gasteiger partial charge >= 0.3 is 0 Å². The number of rotatable bonds is 3. The van der Waals surface area contributed by atoms with E-state index in [1.807, 2.05) is 24.3 Å². The van der Waals surface area contributed by atoms with Gasteiger partial charge in [0.1, 0.15) is 5.82 Å². The second kappa shape index (κ2) is 5.30. The lowest BCUT2D eigenvalue weighted by molar-refractivity contribution is 0.508. The van der Waals surface area contributed by atoms with Gasteiger partial charge in [-0.15, -0.1) is 0 Å². The Kier molecular flexibility index (Phi) is 3.74. The maximum Gasteiger partial charge on any atom is 0.188 e. The predicted molar refractivity (Wildman–Crippen MR) is 79.2 cm³/mol. The molecule has 0 saturated heterocycles. The Hall–Kier alpha value is -2.04. The summed E-state index contributed by atoms with van der Waals surface area (Å²) >= 11 is 0. The van der Waals surface area contributed by atoms with Crippen molar-refractivity contribution in [2.45, 2.75) is 32.7 Å². The molecule has 5 heteroatoms. The molecule has 0 atom stereocenters. The van der Waals surface area contributed by atoms with Gasteiger partial charge in [-0.2, -0.15) is 0 Å². The first-order valence-electron chi connectivity index (χ1n) is 6.46. The molecule has 5 nitrogen and oxygen atoms in total. The van der Waals surface area contributed by atoms with Gasteiger partial charge in [0.2, 0.25) is 0 Å². The molecule has 0 aliphatic carbocycles. The monoisotopic (exact) mass is 259 g/mol. The second-order valence-electron chi connectivity index (χ2n) is 5.59. The minimum Gasteiger partial charge on any atom is -0.370 e. The lowest BCUT2D eigenvalue weighted by atomic mass is 10.1. The molecule has 0 radical (unpaired) electrons. The average molecular weight is 259 g/mol. The van der Waals surface area contributed by atoms with Crippen LogP contribution >= 0.6 is 0 Å². The highest BCUT2D eigenvalue weighted by Crippen LogP contribution is 2.10. The number of para-hydroxylation sites is 2. The van der Waals surface area contributed by atoms with Crippen LogP contribution in [0.15, 0.2) is 29.3 Å². The molecule has 19 heavy (non-hydrogen) atoms. The van der Waals surface area contributed by atoms with Crippen LogP contribution in [0, 0.1) is 0 Å². The number of imidazole rings is 1. The van der Waals surface area contributed by atoms with E-state index in [2.05, 4.69) is 41.0 Å². The normalized spacial score (nSPS) is 12.9. The molecule has 0 unspecified atom stereocenters. The van der Waals surface area contributed by atoms with E-state index < -0.39 is 0 Å². The third-order valence-corrected chi connectivity index (χ3v) is 2.57. The van der Waals surface area contributed by atoms with Crippen LogP contribution in [0.4, 0.5) is 0 Å². The molecule has 1 aromatic heterocycles. The second-order valence-corrected chi connectivity index (χ2v) is 5.59. The van der Waals surface area contributed by atoms with E-state index in [-0.39, 0.29) is 5.54 Å². The molecule has 0 aliphatic heterocycles. The molecule has 0 bridgehead atoms. The SMILES string of the molecule is CC(C)(C)NC(N)=NCCc1nc2ccccc2[nH]1. The van der Waals surface area contributed by atoms with Gasteiger partial charge in [0, 0.05) is 18.5 Å². The molecular formula is C14H21N5. The molecule has 0 amide bonds. The van der Waals surface area contributed by atoms with E-state index in [4.69, 9.17) is 5.73 Å². The molecular weight excluding hydrogens is 238 g/mol. The fraction of sp³-hybridized carbons (Fsp3) is 0.429. The maximum absolute atomic E-state index is 5.81. The zero-order valence-corrected chi connectivity index (χ0v) is 11.7. The molecule has 4 N–H and O–H groups in total. The summed E-state index contributed by atoms with van der Waals surface area (Å²) in [5.41, 5.74) is 7.79. The van der Waals surface area contributed by atoms with Gasteiger partial charge in [0.25, 0.3) is 0 Å². The number of nitrogens with one attached hydrogen (secondary N) is 2. The van der Waals surface area contributed by atoms with Gasteiger partial charge in [-0.1, -0.05) is 12.1 Å². The summed E-state index contributed by atoms with van der Waals surface area (Å²) < 4.78 is 0. The number of fused-ring (bicyclic) bond motifs is 1. The highest BCUT2D eigenvalue weighted by molar-refractivity contribution is 5.78. The standard InChI is InChI=1S/C14H21N5/c1-14(2,3)19-13(15)16-9-8-12-17-10-6-4-5-7-11(10)18-12/h4-7H,8-9H2,1-3H3,(H,17,18)(H3,15,16,19). The molecule has 2 aromatic rings. The number of hydrogen-bond acceptors (Lipinski definition) is 2. The highest BCUT2D eigenvalue weighted by atomic mass is 15.1. The van der Waals surface area contributed by atoms with Crippen molar-refractivity contribution in [2.24, 2.45) is 10.7 Å². The Morgan fingerprint density at radius 3 is 2.79 bits per heavy atom. The van der Waals surface area contributed by atoms with Crippen molar-refractivity contribution in [2.75, 3.05) is 6.54 Å². The van der Waals surface area contributed by atoms with Crippen molar-refractivity contribution in [3.8, 4) is 0 Å². The fourth-order valence-electron chi connectivity index (χ4n) is 1.83. The maximum atomic E-state index is 5.81. The molecule has 1 heterocycles. The average Bonchev–Trinajstić information content (AvgIpc) is 2.68. The summed E-state index contributed by atoms with van der Waals surface area (Å²) in [7, 11) is 0. The Labute approximate surface area is 113 Å². The quantitative estimate of drug-likeness (QED) is 0.581. The minimum absolute atomic E-state index is 0.0626. The summed E-state index contributed by atoms with van der Waals surface area (Å²) in [6.45, 7) is 6.77. The first-order valence-corrected chi connectivity index (χ1v) is 6.46. The van der Waals surface area contributed by atoms with E-state index in [0.29, 0.717) is 12.5 Å². The van der Waals surface area contributed by atoms with Gasteiger partial charge in [-0.05, 0) is 32.9 Å². The van der Waals surface area contributed by atoms with Crippen LogP contribution in [0.1, 0.15) is 26.6 Å². The molecule has 0 aliphatic rings. The summed E-state index contributed by atoms with van der Waals surface area (Å²) in [6, 6.07) is 7.99. The lowest BCUT2D eigenvalue weighted by Gasteiger charge is -2.20. The summed E-state index contributed by atoms with van der Waals surface area (Å²) in [5.74, 6) is 1.41.